The SMILES string of the molecule is CN1OC(c2ccccc2)=C[C@H]1CC(C)(C)C. The van der Waals surface area contributed by atoms with Crippen molar-refractivity contribution in [2.75, 3.05) is 7.05 Å². The molecular formula is C15H21NO. The van der Waals surface area contributed by atoms with Crippen LogP contribution in [0, 0.1) is 5.41 Å². The first-order valence-electron chi connectivity index (χ1n) is 6.14. The molecule has 0 radical (unpaired) electrons. The van der Waals surface area contributed by atoms with Crippen molar-refractivity contribution >= 4 is 5.76 Å². The number of nitrogens with zero attached hydrogens (tertiary/aromatic N) is 1. The molecule has 2 heteroatoms. The van der Waals surface area contributed by atoms with Crippen molar-refractivity contribution in [1.29, 1.82) is 0 Å². The topological polar surface area (TPSA) is 12.5 Å². The lowest BCUT2D eigenvalue weighted by Crippen LogP contribution is -2.28. The number of hydroxylamine groups is 2. The van der Waals surface area contributed by atoms with E-state index in [9.17, 15) is 0 Å². The molecule has 92 valence electrons. The second-order valence-electron chi connectivity index (χ2n) is 5.87. The van der Waals surface area contributed by atoms with Gasteiger partial charge in [0.2, 0.25) is 0 Å². The predicted molar refractivity (Wildman–Crippen MR) is 71.1 cm³/mol. The minimum Gasteiger partial charge on any atom is -0.405 e. The van der Waals surface area contributed by atoms with Crippen molar-refractivity contribution in [1.82, 2.24) is 5.06 Å². The van der Waals surface area contributed by atoms with Crippen LogP contribution in [0.15, 0.2) is 36.4 Å². The van der Waals surface area contributed by atoms with Crippen molar-refractivity contribution < 1.29 is 4.84 Å². The van der Waals surface area contributed by atoms with Gasteiger partial charge in [-0.2, -0.15) is 0 Å². The smallest absolute Gasteiger partial charge is 0.152 e. The maximum absolute atomic E-state index is 5.80. The fourth-order valence-corrected chi connectivity index (χ4v) is 2.10. The van der Waals surface area contributed by atoms with Crippen LogP contribution in [-0.4, -0.2) is 18.2 Å². The molecule has 0 amide bonds. The summed E-state index contributed by atoms with van der Waals surface area (Å²) in [5.74, 6) is 0.974. The Balaban J connectivity index is 2.15. The van der Waals surface area contributed by atoms with Gasteiger partial charge in [0.05, 0.1) is 6.04 Å². The van der Waals surface area contributed by atoms with Crippen LogP contribution in [0.2, 0.25) is 0 Å². The third kappa shape index (κ3) is 3.10. The summed E-state index contributed by atoms with van der Waals surface area (Å²) in [6.07, 6.45) is 3.32. The zero-order valence-corrected chi connectivity index (χ0v) is 11.1. The Kier molecular flexibility index (Phi) is 3.25. The highest BCUT2D eigenvalue weighted by Crippen LogP contribution is 2.32. The highest BCUT2D eigenvalue weighted by Gasteiger charge is 2.28. The molecule has 1 aliphatic rings. The number of likely N-dealkylation sites (N-methyl/N-ethyl adjacent to an activating group) is 1. The third-order valence-electron chi connectivity index (χ3n) is 2.93. The van der Waals surface area contributed by atoms with Gasteiger partial charge in [-0.15, -0.1) is 5.06 Å². The Hall–Kier alpha value is -1.28. The molecular weight excluding hydrogens is 210 g/mol. The van der Waals surface area contributed by atoms with Gasteiger partial charge in [0.1, 0.15) is 0 Å². The Morgan fingerprint density at radius 3 is 2.41 bits per heavy atom. The van der Waals surface area contributed by atoms with Crippen LogP contribution in [0.5, 0.6) is 0 Å². The predicted octanol–water partition coefficient (Wildman–Crippen LogP) is 3.71. The van der Waals surface area contributed by atoms with Gasteiger partial charge in [-0.25, -0.2) is 0 Å². The normalized spacial score (nSPS) is 21.2. The highest BCUT2D eigenvalue weighted by molar-refractivity contribution is 5.61. The summed E-state index contributed by atoms with van der Waals surface area (Å²) in [5, 5.41) is 1.95. The van der Waals surface area contributed by atoms with Gasteiger partial charge in [0.25, 0.3) is 0 Å². The molecule has 0 aromatic heterocycles. The van der Waals surface area contributed by atoms with E-state index < -0.39 is 0 Å². The summed E-state index contributed by atoms with van der Waals surface area (Å²) in [7, 11) is 2.00. The Morgan fingerprint density at radius 1 is 1.18 bits per heavy atom. The first-order valence-corrected chi connectivity index (χ1v) is 6.14. The lowest BCUT2D eigenvalue weighted by atomic mass is 9.88. The summed E-state index contributed by atoms with van der Waals surface area (Å²) in [6.45, 7) is 6.78. The van der Waals surface area contributed by atoms with E-state index in [2.05, 4.69) is 39.0 Å². The molecule has 1 aliphatic heterocycles. The molecule has 2 rings (SSSR count). The molecule has 1 atom stereocenters. The van der Waals surface area contributed by atoms with Crippen LogP contribution in [-0.2, 0) is 4.84 Å². The highest BCUT2D eigenvalue weighted by atomic mass is 16.7. The average Bonchev–Trinajstić information content (AvgIpc) is 2.59. The molecule has 1 aromatic carbocycles. The first-order chi connectivity index (χ1) is 7.96. The molecule has 1 heterocycles. The van der Waals surface area contributed by atoms with Crippen LogP contribution in [0.4, 0.5) is 0 Å². The lowest BCUT2D eigenvalue weighted by Gasteiger charge is -2.25. The molecule has 0 bridgehead atoms. The monoisotopic (exact) mass is 231 g/mol. The van der Waals surface area contributed by atoms with Gasteiger partial charge in [0.15, 0.2) is 5.76 Å². The number of rotatable bonds is 2. The van der Waals surface area contributed by atoms with E-state index in [1.54, 1.807) is 0 Å². The Morgan fingerprint density at radius 2 is 1.82 bits per heavy atom. The Bertz CT molecular complexity index is 403. The van der Waals surface area contributed by atoms with Gasteiger partial charge < -0.3 is 4.84 Å². The zero-order chi connectivity index (χ0) is 12.5. The van der Waals surface area contributed by atoms with Crippen LogP contribution in [0.1, 0.15) is 32.8 Å². The van der Waals surface area contributed by atoms with E-state index in [0.717, 1.165) is 17.7 Å². The first kappa shape index (κ1) is 12.2. The molecule has 0 spiro atoms. The van der Waals surface area contributed by atoms with Crippen LogP contribution >= 0.6 is 0 Å². The maximum atomic E-state index is 5.80. The summed E-state index contributed by atoms with van der Waals surface area (Å²) < 4.78 is 0. The van der Waals surface area contributed by atoms with Crippen LogP contribution in [0.3, 0.4) is 0 Å². The Labute approximate surface area is 104 Å². The van der Waals surface area contributed by atoms with E-state index in [0.29, 0.717) is 11.5 Å². The van der Waals surface area contributed by atoms with Gasteiger partial charge >= 0.3 is 0 Å². The minimum atomic E-state index is 0.310. The lowest BCUT2D eigenvalue weighted by molar-refractivity contribution is -0.0732. The van der Waals surface area contributed by atoms with Crippen molar-refractivity contribution in [3.05, 3.63) is 42.0 Å². The molecule has 0 saturated heterocycles. The molecule has 0 fully saturated rings. The molecule has 17 heavy (non-hydrogen) atoms. The van der Waals surface area contributed by atoms with Crippen LogP contribution < -0.4 is 0 Å². The summed E-state index contributed by atoms with van der Waals surface area (Å²) >= 11 is 0. The standard InChI is InChI=1S/C15H21NO/c1-15(2,3)11-13-10-14(17-16(13)4)12-8-6-5-7-9-12/h5-10,13H,11H2,1-4H3/t13-/m0/s1. The third-order valence-corrected chi connectivity index (χ3v) is 2.93. The second kappa shape index (κ2) is 4.53. The van der Waals surface area contributed by atoms with E-state index in [-0.39, 0.29) is 0 Å². The fraction of sp³-hybridized carbons (Fsp3) is 0.467. The molecule has 0 saturated carbocycles. The maximum Gasteiger partial charge on any atom is 0.152 e. The summed E-state index contributed by atoms with van der Waals surface area (Å²) in [4.78, 5) is 5.80. The number of hydrogen-bond donors (Lipinski definition) is 0. The van der Waals surface area contributed by atoms with Crippen LogP contribution in [0.25, 0.3) is 5.76 Å². The molecule has 2 nitrogen and oxygen atoms in total. The molecule has 1 aromatic rings. The average molecular weight is 231 g/mol. The van der Waals surface area contributed by atoms with E-state index in [4.69, 9.17) is 4.84 Å². The van der Waals surface area contributed by atoms with Gasteiger partial charge in [-0.1, -0.05) is 51.1 Å². The number of benzene rings is 1. The molecule has 0 N–H and O–H groups in total. The van der Waals surface area contributed by atoms with E-state index in [1.807, 2.05) is 30.3 Å². The largest absolute Gasteiger partial charge is 0.405 e. The molecule has 0 unspecified atom stereocenters. The van der Waals surface area contributed by atoms with E-state index >= 15 is 0 Å². The van der Waals surface area contributed by atoms with Gasteiger partial charge in [-0.3, -0.25) is 0 Å². The number of hydrogen-bond acceptors (Lipinski definition) is 2. The fourth-order valence-electron chi connectivity index (χ4n) is 2.10. The van der Waals surface area contributed by atoms with Crippen molar-refractivity contribution in [3.63, 3.8) is 0 Å². The second-order valence-corrected chi connectivity index (χ2v) is 5.87. The van der Waals surface area contributed by atoms with Gasteiger partial charge in [0, 0.05) is 12.6 Å². The quantitative estimate of drug-likeness (QED) is 0.769. The van der Waals surface area contributed by atoms with Crippen molar-refractivity contribution in [2.24, 2.45) is 5.41 Å². The summed E-state index contributed by atoms with van der Waals surface area (Å²) in [6, 6.07) is 10.6. The zero-order valence-electron chi connectivity index (χ0n) is 11.1. The minimum absolute atomic E-state index is 0.310. The van der Waals surface area contributed by atoms with E-state index in [1.165, 1.54) is 0 Å². The summed E-state index contributed by atoms with van der Waals surface area (Å²) in [5.41, 5.74) is 1.46. The van der Waals surface area contributed by atoms with Gasteiger partial charge in [-0.05, 0) is 17.9 Å². The molecule has 0 aliphatic carbocycles. The van der Waals surface area contributed by atoms with Crippen molar-refractivity contribution in [2.45, 2.75) is 33.2 Å². The van der Waals surface area contributed by atoms with Crippen molar-refractivity contribution in [3.8, 4) is 0 Å².